The van der Waals surface area contributed by atoms with Gasteiger partial charge < -0.3 is 128 Å². The van der Waals surface area contributed by atoms with Gasteiger partial charge in [0.15, 0.2) is 67.9 Å². The fourth-order valence-corrected chi connectivity index (χ4v) is 13.9. The molecular weight excluding hydrogens is 1740 g/mol. The Morgan fingerprint density at radius 2 is 0.682 bits per heavy atom. The second kappa shape index (κ2) is 53.9. The van der Waals surface area contributed by atoms with Crippen molar-refractivity contribution in [3.8, 4) is 0 Å². The Bertz CT molecular complexity index is 4600. The Balaban J connectivity index is 1.08. The van der Waals surface area contributed by atoms with Crippen LogP contribution in [0.3, 0.4) is 0 Å². The molecule has 714 valence electrons. The SMILES string of the molecule is C=CCOCCOCCOCCOCCOCCOCCOCC(CO[C@@H]1CCO[C@](C)(C(=O)N(C)C)O1)O[C@@H]1O[C@H](COC(=O)c2ccccc2)[C@@H](O[C@@H]2O[C@H](COC(=O)c3ccccc3)[C@H](O[C@H]3O[C@H](COC(C)=O)[C@H](OC(C)=O)[C@H](OC(C)=O)[C@H]3OC(C)=O)[C@H](OC(=O)c3ccccc3)[C@H]2OC(=O)c2ccccc2)[C@H](OC(=O)c2ccccc2)[C@H]1OC(=O)c1ccccc1. The first-order chi connectivity index (χ1) is 63.9. The molecule has 4 fully saturated rings. The molecule has 18 atom stereocenters. The molecular formula is C94H111NO37. The van der Waals surface area contributed by atoms with Crippen LogP contribution in [0.2, 0.25) is 0 Å². The number of esters is 10. The van der Waals surface area contributed by atoms with E-state index >= 15 is 19.2 Å². The number of hydrogen-bond donors (Lipinski definition) is 0. The van der Waals surface area contributed by atoms with Crippen LogP contribution in [0.15, 0.2) is 195 Å². The van der Waals surface area contributed by atoms with Crippen LogP contribution in [0.5, 0.6) is 0 Å². The third-order valence-electron chi connectivity index (χ3n) is 19.9. The van der Waals surface area contributed by atoms with Gasteiger partial charge in [0.25, 0.3) is 5.91 Å². The Kier molecular flexibility index (Phi) is 42.0. The number of rotatable bonds is 51. The van der Waals surface area contributed by atoms with Crippen LogP contribution in [0.1, 0.15) is 103 Å². The van der Waals surface area contributed by atoms with Crippen molar-refractivity contribution in [2.75, 3.05) is 140 Å². The van der Waals surface area contributed by atoms with Gasteiger partial charge in [-0.05, 0) is 79.7 Å². The first-order valence-corrected chi connectivity index (χ1v) is 42.7. The summed E-state index contributed by atoms with van der Waals surface area (Å²) in [6, 6.07) is 44.7. The second-order valence-corrected chi connectivity index (χ2v) is 30.1. The van der Waals surface area contributed by atoms with E-state index in [1.54, 1.807) is 54.6 Å². The summed E-state index contributed by atoms with van der Waals surface area (Å²) in [5.41, 5.74) is -0.534. The number of carbonyl (C=O) groups is 11. The van der Waals surface area contributed by atoms with Gasteiger partial charge in [-0.2, -0.15) is 0 Å². The van der Waals surface area contributed by atoms with E-state index in [0.29, 0.717) is 46.2 Å². The van der Waals surface area contributed by atoms with E-state index in [4.69, 9.17) is 123 Å². The molecule has 6 aromatic rings. The standard InChI is InChI=1S/C94H111NO37/c1-9-41-107-43-44-108-45-46-109-47-48-110-49-50-111-51-52-112-53-54-113-55-70(56-115-74-40-42-118-94(6,132-74)93(106)95(7)8)122-90-82(128-88(104)68-36-24-14-25-37-68)79(126-86(102)66-32-20-12-21-33-66)76(72(123-90)58-116-84(100)64-28-16-10-17-29-64)131-92-83(129-89(105)69-38-26-15-27-39-69)80(127-87(103)67-34-22-13-23-35-67)77(73(125-92)59-117-85(101)65-30-18-11-19-31-65)130-91-81(121-63(5)99)78(120-62(4)98)75(119-61(3)97)71(124-91)57-114-60(2)96/h9-39,70-83,90-92H,1,40-59H2,2-8H3/t70?,71-,72-,73-,74+,75+,76-,77+,78+,79+,80+,81-,82-,83-,90-,91-,92+,94+/m1/s1. The van der Waals surface area contributed by atoms with Crippen LogP contribution in [-0.2, 0) is 147 Å². The molecule has 0 bridgehead atoms. The normalized spacial score (nSPS) is 24.1. The quantitative estimate of drug-likeness (QED) is 0.0158. The fraction of sp³-hybridized carbons (Fsp3) is 0.479. The summed E-state index contributed by atoms with van der Waals surface area (Å²) in [6.07, 6.45) is -32.0. The van der Waals surface area contributed by atoms with E-state index in [2.05, 4.69) is 6.58 Å². The van der Waals surface area contributed by atoms with Crippen molar-refractivity contribution in [1.82, 2.24) is 4.90 Å². The van der Waals surface area contributed by atoms with Crippen LogP contribution in [-0.4, -0.2) is 320 Å². The molecule has 10 rings (SSSR count). The Morgan fingerprint density at radius 1 is 0.371 bits per heavy atom. The molecule has 132 heavy (non-hydrogen) atoms. The molecule has 0 radical (unpaired) electrons. The smallest absolute Gasteiger partial charge is 0.338 e. The molecule has 38 heteroatoms. The minimum Gasteiger partial charge on any atom is -0.463 e. The molecule has 0 saturated carbocycles. The summed E-state index contributed by atoms with van der Waals surface area (Å²) in [5.74, 6) is -13.0. The highest BCUT2D eigenvalue weighted by Gasteiger charge is 2.61. The van der Waals surface area contributed by atoms with E-state index in [0.717, 1.165) is 27.7 Å². The molecule has 4 aliphatic rings. The number of likely N-dealkylation sites (N-methyl/N-ethyl adjacent to an activating group) is 1. The Labute approximate surface area is 762 Å². The second-order valence-electron chi connectivity index (χ2n) is 30.1. The fourth-order valence-electron chi connectivity index (χ4n) is 13.9. The maximum absolute atomic E-state index is 15.5. The van der Waals surface area contributed by atoms with E-state index in [-0.39, 0.29) is 86.0 Å². The number of amides is 1. The first kappa shape index (κ1) is 103. The van der Waals surface area contributed by atoms with Crippen LogP contribution in [0.25, 0.3) is 0 Å². The summed E-state index contributed by atoms with van der Waals surface area (Å²) in [6.45, 7) is 8.84. The van der Waals surface area contributed by atoms with Crippen molar-refractivity contribution in [2.45, 2.75) is 151 Å². The zero-order valence-electron chi connectivity index (χ0n) is 74.1. The molecule has 4 saturated heterocycles. The van der Waals surface area contributed by atoms with Crippen molar-refractivity contribution in [1.29, 1.82) is 0 Å². The molecule has 6 aromatic carbocycles. The molecule has 38 nitrogen and oxygen atoms in total. The van der Waals surface area contributed by atoms with Gasteiger partial charge in [-0.15, -0.1) is 6.58 Å². The van der Waals surface area contributed by atoms with Crippen LogP contribution in [0.4, 0.5) is 0 Å². The summed E-state index contributed by atoms with van der Waals surface area (Å²) in [5, 5.41) is 0. The molecule has 0 aromatic heterocycles. The van der Waals surface area contributed by atoms with E-state index in [9.17, 15) is 33.6 Å². The van der Waals surface area contributed by atoms with Gasteiger partial charge in [-0.1, -0.05) is 115 Å². The van der Waals surface area contributed by atoms with E-state index in [1.165, 1.54) is 159 Å². The topological polar surface area (TPSA) is 431 Å². The van der Waals surface area contributed by atoms with Gasteiger partial charge in [-0.25, -0.2) is 28.8 Å². The summed E-state index contributed by atoms with van der Waals surface area (Å²) in [7, 11) is 3.03. The average molecular weight is 1850 g/mol. The van der Waals surface area contributed by atoms with Crippen molar-refractivity contribution >= 4 is 65.6 Å². The number of benzene rings is 6. The monoisotopic (exact) mass is 1850 g/mol. The van der Waals surface area contributed by atoms with Crippen molar-refractivity contribution in [3.63, 3.8) is 0 Å². The van der Waals surface area contributed by atoms with E-state index in [1.807, 2.05) is 0 Å². The molecule has 1 unspecified atom stereocenters. The number of carbonyl (C=O) groups excluding carboxylic acids is 11. The van der Waals surface area contributed by atoms with Crippen LogP contribution < -0.4 is 0 Å². The van der Waals surface area contributed by atoms with Crippen molar-refractivity contribution in [2.24, 2.45) is 0 Å². The van der Waals surface area contributed by atoms with Crippen molar-refractivity contribution < 1.29 is 176 Å². The van der Waals surface area contributed by atoms with Gasteiger partial charge in [0.05, 0.1) is 139 Å². The molecule has 0 N–H and O–H groups in total. The summed E-state index contributed by atoms with van der Waals surface area (Å²) < 4.78 is 162. The third-order valence-corrected chi connectivity index (χ3v) is 19.9. The lowest BCUT2D eigenvalue weighted by Gasteiger charge is -2.50. The zero-order valence-corrected chi connectivity index (χ0v) is 74.1. The van der Waals surface area contributed by atoms with Crippen molar-refractivity contribution in [3.05, 3.63) is 228 Å². The number of hydrogen-bond acceptors (Lipinski definition) is 37. The summed E-state index contributed by atoms with van der Waals surface area (Å²) >= 11 is 0. The largest absolute Gasteiger partial charge is 0.463 e. The molecule has 0 aliphatic carbocycles. The van der Waals surface area contributed by atoms with E-state index < -0.39 is 209 Å². The number of nitrogens with zero attached hydrogens (tertiary/aromatic N) is 1. The Morgan fingerprint density at radius 3 is 1.05 bits per heavy atom. The molecule has 0 spiro atoms. The highest BCUT2D eigenvalue weighted by Crippen LogP contribution is 2.40. The van der Waals surface area contributed by atoms with Gasteiger partial charge in [0.1, 0.15) is 56.4 Å². The van der Waals surface area contributed by atoms with Crippen LogP contribution in [0, 0.1) is 0 Å². The first-order valence-electron chi connectivity index (χ1n) is 42.7. The predicted molar refractivity (Wildman–Crippen MR) is 454 cm³/mol. The minimum absolute atomic E-state index is 0.00945. The maximum Gasteiger partial charge on any atom is 0.338 e. The van der Waals surface area contributed by atoms with Gasteiger partial charge in [0.2, 0.25) is 5.79 Å². The van der Waals surface area contributed by atoms with Gasteiger partial charge in [-0.3, -0.25) is 24.0 Å². The molecule has 4 aliphatic heterocycles. The van der Waals surface area contributed by atoms with Crippen LogP contribution >= 0.6 is 0 Å². The maximum atomic E-state index is 15.5. The lowest BCUT2D eigenvalue weighted by atomic mass is 9.94. The minimum atomic E-state index is -2.38. The lowest BCUT2D eigenvalue weighted by Crippen LogP contribution is -2.69. The highest BCUT2D eigenvalue weighted by molar-refractivity contribution is 5.92. The molecule has 1 amide bonds. The number of ether oxygens (including phenoxy) is 26. The predicted octanol–water partition coefficient (Wildman–Crippen LogP) is 7.18. The lowest BCUT2D eigenvalue weighted by molar-refractivity contribution is -0.380. The Hall–Kier alpha value is -11.4. The van der Waals surface area contributed by atoms with Gasteiger partial charge in [0, 0.05) is 48.2 Å². The van der Waals surface area contributed by atoms with Gasteiger partial charge >= 0.3 is 59.7 Å². The third kappa shape index (κ3) is 32.2. The summed E-state index contributed by atoms with van der Waals surface area (Å²) in [4.78, 5) is 158. The molecule has 4 heterocycles. The highest BCUT2D eigenvalue weighted by atomic mass is 16.8. The zero-order chi connectivity index (χ0) is 94.2. The average Bonchev–Trinajstić information content (AvgIpc) is 0.751.